The third kappa shape index (κ3) is 3.15. The Morgan fingerprint density at radius 3 is 2.61 bits per heavy atom. The van der Waals surface area contributed by atoms with Crippen molar-refractivity contribution in [1.82, 2.24) is 14.9 Å². The summed E-state index contributed by atoms with van der Waals surface area (Å²) in [5, 5.41) is 4.42. The van der Waals surface area contributed by atoms with E-state index in [1.165, 1.54) is 11.1 Å². The van der Waals surface area contributed by atoms with Crippen LogP contribution in [-0.2, 0) is 7.05 Å². The van der Waals surface area contributed by atoms with Crippen LogP contribution in [0.15, 0.2) is 41.8 Å². The van der Waals surface area contributed by atoms with Crippen LogP contribution in [0.5, 0.6) is 0 Å². The zero-order valence-corrected chi connectivity index (χ0v) is 11.9. The van der Waals surface area contributed by atoms with Crippen molar-refractivity contribution < 1.29 is 0 Å². The zero-order valence-electron chi connectivity index (χ0n) is 11.1. The molecule has 1 atom stereocenters. The Kier molecular flexibility index (Phi) is 4.44. The summed E-state index contributed by atoms with van der Waals surface area (Å²) in [6.07, 6.45) is 3.81. The number of hydrogen-bond donors (Lipinski definition) is 1. The highest BCUT2D eigenvalue weighted by Gasteiger charge is 2.11. The molecule has 0 spiro atoms. The lowest BCUT2D eigenvalue weighted by Crippen LogP contribution is -2.18. The number of thioether (sulfide) groups is 1. The maximum Gasteiger partial charge on any atom is 0.167 e. The van der Waals surface area contributed by atoms with Crippen LogP contribution in [0.4, 0.5) is 0 Å². The molecule has 0 radical (unpaired) electrons. The molecule has 3 nitrogen and oxygen atoms in total. The van der Waals surface area contributed by atoms with Gasteiger partial charge in [0.15, 0.2) is 5.16 Å². The van der Waals surface area contributed by atoms with Crippen molar-refractivity contribution in [2.24, 2.45) is 7.05 Å². The van der Waals surface area contributed by atoms with Gasteiger partial charge in [-0.2, -0.15) is 0 Å². The first-order chi connectivity index (χ1) is 8.70. The molecule has 0 amide bonds. The number of aromatic nitrogens is 2. The van der Waals surface area contributed by atoms with Crippen LogP contribution in [0, 0.1) is 6.92 Å². The normalized spacial score (nSPS) is 12.6. The molecule has 0 bridgehead atoms. The second kappa shape index (κ2) is 6.07. The van der Waals surface area contributed by atoms with Crippen molar-refractivity contribution >= 4 is 11.8 Å². The van der Waals surface area contributed by atoms with Crippen LogP contribution >= 0.6 is 11.8 Å². The molecular weight excluding hydrogens is 242 g/mol. The fourth-order valence-electron chi connectivity index (χ4n) is 1.79. The van der Waals surface area contributed by atoms with Crippen LogP contribution in [0.25, 0.3) is 0 Å². The Morgan fingerprint density at radius 1 is 1.33 bits per heavy atom. The molecule has 0 aliphatic heterocycles. The summed E-state index contributed by atoms with van der Waals surface area (Å²) in [7, 11) is 4.03. The molecule has 96 valence electrons. The standard InChI is InChI=1S/C14H19N3S/c1-11-4-6-12(7-5-11)13(15-2)10-18-14-16-8-9-17(14)3/h4-9,13,15H,10H2,1-3H3. The SMILES string of the molecule is CNC(CSc1nccn1C)c1ccc(C)cc1. The van der Waals surface area contributed by atoms with Crippen molar-refractivity contribution in [2.45, 2.75) is 18.1 Å². The first-order valence-electron chi connectivity index (χ1n) is 6.04. The molecule has 0 fully saturated rings. The molecule has 0 aliphatic carbocycles. The van der Waals surface area contributed by atoms with Crippen LogP contribution in [0.3, 0.4) is 0 Å². The second-order valence-electron chi connectivity index (χ2n) is 4.38. The second-order valence-corrected chi connectivity index (χ2v) is 5.37. The van der Waals surface area contributed by atoms with E-state index in [1.54, 1.807) is 11.8 Å². The maximum absolute atomic E-state index is 4.33. The lowest BCUT2D eigenvalue weighted by molar-refractivity contribution is 0.659. The van der Waals surface area contributed by atoms with Crippen LogP contribution in [-0.4, -0.2) is 22.4 Å². The van der Waals surface area contributed by atoms with Gasteiger partial charge >= 0.3 is 0 Å². The largest absolute Gasteiger partial charge is 0.329 e. The van der Waals surface area contributed by atoms with Crippen LogP contribution < -0.4 is 5.32 Å². The first-order valence-corrected chi connectivity index (χ1v) is 7.03. The Bertz CT molecular complexity index is 490. The lowest BCUT2D eigenvalue weighted by atomic mass is 10.1. The van der Waals surface area contributed by atoms with E-state index in [0.29, 0.717) is 6.04 Å². The summed E-state index contributed by atoms with van der Waals surface area (Å²) in [4.78, 5) is 4.33. The molecule has 0 saturated heterocycles. The average molecular weight is 261 g/mol. The molecule has 2 rings (SSSR count). The van der Waals surface area contributed by atoms with Gasteiger partial charge < -0.3 is 9.88 Å². The molecule has 4 heteroatoms. The molecule has 1 aromatic heterocycles. The van der Waals surface area contributed by atoms with Crippen molar-refractivity contribution in [3.8, 4) is 0 Å². The van der Waals surface area contributed by atoms with Gasteiger partial charge in [-0.25, -0.2) is 4.98 Å². The summed E-state index contributed by atoms with van der Waals surface area (Å²) in [6.45, 7) is 2.11. The number of nitrogens with one attached hydrogen (secondary N) is 1. The van der Waals surface area contributed by atoms with E-state index in [4.69, 9.17) is 0 Å². The number of nitrogens with zero attached hydrogens (tertiary/aromatic N) is 2. The summed E-state index contributed by atoms with van der Waals surface area (Å²) in [5.74, 6) is 0.977. The average Bonchev–Trinajstić information content (AvgIpc) is 2.78. The monoisotopic (exact) mass is 261 g/mol. The third-order valence-electron chi connectivity index (χ3n) is 2.98. The van der Waals surface area contributed by atoms with Gasteiger partial charge in [0, 0.05) is 31.2 Å². The Balaban J connectivity index is 2.01. The summed E-state index contributed by atoms with van der Waals surface area (Å²) < 4.78 is 2.05. The molecule has 2 aromatic rings. The highest BCUT2D eigenvalue weighted by molar-refractivity contribution is 7.99. The fourth-order valence-corrected chi connectivity index (χ4v) is 2.87. The van der Waals surface area contributed by atoms with Crippen molar-refractivity contribution in [3.05, 3.63) is 47.8 Å². The first kappa shape index (κ1) is 13.2. The minimum absolute atomic E-state index is 0.354. The van der Waals surface area contributed by atoms with Gasteiger partial charge in [0.25, 0.3) is 0 Å². The third-order valence-corrected chi connectivity index (χ3v) is 4.14. The van der Waals surface area contributed by atoms with Crippen LogP contribution in [0.1, 0.15) is 17.2 Å². The number of benzene rings is 1. The molecule has 1 aromatic carbocycles. The number of rotatable bonds is 5. The van der Waals surface area contributed by atoms with E-state index in [2.05, 4.69) is 41.5 Å². The summed E-state index contributed by atoms with van der Waals surface area (Å²) in [6, 6.07) is 9.05. The van der Waals surface area contributed by atoms with Crippen molar-refractivity contribution in [2.75, 3.05) is 12.8 Å². The van der Waals surface area contributed by atoms with E-state index in [-0.39, 0.29) is 0 Å². The molecule has 0 aliphatic rings. The van der Waals surface area contributed by atoms with Gasteiger partial charge in [0.1, 0.15) is 0 Å². The number of imidazole rings is 1. The Morgan fingerprint density at radius 2 is 2.06 bits per heavy atom. The lowest BCUT2D eigenvalue weighted by Gasteiger charge is -2.16. The van der Waals surface area contributed by atoms with E-state index >= 15 is 0 Å². The van der Waals surface area contributed by atoms with Crippen molar-refractivity contribution in [3.63, 3.8) is 0 Å². The Labute approximate surface area is 113 Å². The van der Waals surface area contributed by atoms with Gasteiger partial charge in [0.2, 0.25) is 0 Å². The van der Waals surface area contributed by atoms with Gasteiger partial charge in [0.05, 0.1) is 0 Å². The molecule has 1 unspecified atom stereocenters. The van der Waals surface area contributed by atoms with Gasteiger partial charge in [-0.1, -0.05) is 41.6 Å². The molecular formula is C14H19N3S. The zero-order chi connectivity index (χ0) is 13.0. The maximum atomic E-state index is 4.33. The minimum atomic E-state index is 0.354. The van der Waals surface area contributed by atoms with Crippen molar-refractivity contribution in [1.29, 1.82) is 0 Å². The smallest absolute Gasteiger partial charge is 0.167 e. The number of hydrogen-bond acceptors (Lipinski definition) is 3. The number of aryl methyl sites for hydroxylation is 2. The quantitative estimate of drug-likeness (QED) is 0.839. The predicted molar refractivity (Wildman–Crippen MR) is 76.9 cm³/mol. The Hall–Kier alpha value is -1.26. The molecule has 0 saturated carbocycles. The van der Waals surface area contributed by atoms with Crippen LogP contribution in [0.2, 0.25) is 0 Å². The summed E-state index contributed by atoms with van der Waals surface area (Å²) in [5.41, 5.74) is 2.62. The van der Waals surface area contributed by atoms with E-state index in [9.17, 15) is 0 Å². The van der Waals surface area contributed by atoms with Gasteiger partial charge in [-0.15, -0.1) is 0 Å². The highest BCUT2D eigenvalue weighted by Crippen LogP contribution is 2.23. The van der Waals surface area contributed by atoms with E-state index in [0.717, 1.165) is 10.9 Å². The fraction of sp³-hybridized carbons (Fsp3) is 0.357. The minimum Gasteiger partial charge on any atom is -0.329 e. The molecule has 1 N–H and O–H groups in total. The summed E-state index contributed by atoms with van der Waals surface area (Å²) >= 11 is 1.77. The highest BCUT2D eigenvalue weighted by atomic mass is 32.2. The van der Waals surface area contributed by atoms with E-state index in [1.807, 2.05) is 31.1 Å². The van der Waals surface area contributed by atoms with Gasteiger partial charge in [-0.05, 0) is 19.5 Å². The molecule has 18 heavy (non-hydrogen) atoms. The predicted octanol–water partition coefficient (Wildman–Crippen LogP) is 2.78. The van der Waals surface area contributed by atoms with E-state index < -0.39 is 0 Å². The molecule has 1 heterocycles. The topological polar surface area (TPSA) is 29.9 Å². The van der Waals surface area contributed by atoms with Gasteiger partial charge in [-0.3, -0.25) is 0 Å².